The number of halogens is 1. The van der Waals surface area contributed by atoms with Crippen molar-refractivity contribution < 1.29 is 4.79 Å². The summed E-state index contributed by atoms with van der Waals surface area (Å²) >= 11 is 3.61. The lowest BCUT2D eigenvalue weighted by molar-refractivity contribution is 0.0947. The average Bonchev–Trinajstić information content (AvgIpc) is 2.73. The summed E-state index contributed by atoms with van der Waals surface area (Å²) in [5.41, 5.74) is 6.11. The third kappa shape index (κ3) is 2.89. The topological polar surface area (TPSA) is 17.1 Å². The standard InChI is InChI=1S/C25H19BrO/c26-20-11-8-17-10-12-21-22(24(17)15-20)13-9-16-6-7-19(14-23(16)21)25(27)18-4-2-1-3-5-18/h1-5,8-9,11-15,19H,6-7,10H2. The largest absolute Gasteiger partial charge is 0.294 e. The van der Waals surface area contributed by atoms with E-state index in [1.54, 1.807) is 0 Å². The van der Waals surface area contributed by atoms with Crippen LogP contribution in [0.3, 0.4) is 0 Å². The molecular formula is C25H19BrO. The first-order chi connectivity index (χ1) is 13.2. The van der Waals surface area contributed by atoms with E-state index in [0.29, 0.717) is 0 Å². The molecule has 1 unspecified atom stereocenters. The van der Waals surface area contributed by atoms with Crippen molar-refractivity contribution in [3.8, 4) is 11.1 Å². The fourth-order valence-electron chi connectivity index (χ4n) is 4.36. The molecule has 2 heteroatoms. The van der Waals surface area contributed by atoms with Gasteiger partial charge in [-0.3, -0.25) is 4.79 Å². The Morgan fingerprint density at radius 3 is 2.56 bits per heavy atom. The molecule has 2 aliphatic rings. The van der Waals surface area contributed by atoms with E-state index in [-0.39, 0.29) is 11.7 Å². The molecule has 0 spiro atoms. The Labute approximate surface area is 167 Å². The molecule has 3 aromatic carbocycles. The SMILES string of the molecule is O=C(c1ccccc1)C1C=c2c(ccc3c2=CCc2ccc(Br)cc2-3)CC1. The van der Waals surface area contributed by atoms with Gasteiger partial charge in [0.1, 0.15) is 0 Å². The third-order valence-corrected chi connectivity index (χ3v) is 6.25. The first-order valence-electron chi connectivity index (χ1n) is 9.43. The minimum Gasteiger partial charge on any atom is -0.294 e. The van der Waals surface area contributed by atoms with Gasteiger partial charge in [-0.05, 0) is 64.1 Å². The minimum absolute atomic E-state index is 0.0382. The van der Waals surface area contributed by atoms with Crippen molar-refractivity contribution in [1.82, 2.24) is 0 Å². The van der Waals surface area contributed by atoms with Crippen LogP contribution in [0, 0.1) is 5.92 Å². The molecule has 0 aliphatic heterocycles. The molecule has 5 rings (SSSR count). The van der Waals surface area contributed by atoms with Crippen LogP contribution in [-0.2, 0) is 12.8 Å². The molecule has 0 fully saturated rings. The fourth-order valence-corrected chi connectivity index (χ4v) is 4.72. The number of fused-ring (bicyclic) bond motifs is 5. The summed E-state index contributed by atoms with van der Waals surface area (Å²) in [6, 6.07) is 20.7. The first-order valence-corrected chi connectivity index (χ1v) is 10.2. The first kappa shape index (κ1) is 16.7. The summed E-state index contributed by atoms with van der Waals surface area (Å²) in [5, 5.41) is 2.56. The van der Waals surface area contributed by atoms with Crippen molar-refractivity contribution in [3.05, 3.63) is 92.3 Å². The van der Waals surface area contributed by atoms with Crippen molar-refractivity contribution in [3.63, 3.8) is 0 Å². The van der Waals surface area contributed by atoms with Gasteiger partial charge in [-0.15, -0.1) is 0 Å². The molecule has 0 N–H and O–H groups in total. The molecule has 1 atom stereocenters. The molecule has 1 nitrogen and oxygen atoms in total. The van der Waals surface area contributed by atoms with Crippen LogP contribution in [0.1, 0.15) is 27.9 Å². The molecular weight excluding hydrogens is 396 g/mol. The summed E-state index contributed by atoms with van der Waals surface area (Å²) in [6.07, 6.45) is 7.34. The molecule has 3 aromatic rings. The zero-order valence-electron chi connectivity index (χ0n) is 14.9. The van der Waals surface area contributed by atoms with E-state index in [2.05, 4.69) is 58.4 Å². The molecule has 27 heavy (non-hydrogen) atoms. The number of benzene rings is 3. The molecule has 0 bridgehead atoms. The van der Waals surface area contributed by atoms with E-state index in [1.807, 2.05) is 30.3 Å². The van der Waals surface area contributed by atoms with Crippen LogP contribution in [0.25, 0.3) is 23.3 Å². The molecule has 0 saturated carbocycles. The van der Waals surface area contributed by atoms with E-state index in [4.69, 9.17) is 0 Å². The van der Waals surface area contributed by atoms with Crippen molar-refractivity contribution >= 4 is 33.9 Å². The van der Waals surface area contributed by atoms with E-state index in [9.17, 15) is 4.79 Å². The Hall–Kier alpha value is -2.45. The summed E-state index contributed by atoms with van der Waals surface area (Å²) in [7, 11) is 0. The van der Waals surface area contributed by atoms with Gasteiger partial charge in [-0.25, -0.2) is 0 Å². The number of hydrogen-bond donors (Lipinski definition) is 0. The lowest BCUT2D eigenvalue weighted by atomic mass is 9.82. The lowest BCUT2D eigenvalue weighted by Crippen LogP contribution is -2.37. The van der Waals surface area contributed by atoms with Gasteiger partial charge in [0.15, 0.2) is 5.78 Å². The summed E-state index contributed by atoms with van der Waals surface area (Å²) in [6.45, 7) is 0. The maximum Gasteiger partial charge on any atom is 0.169 e. The average molecular weight is 415 g/mol. The number of rotatable bonds is 2. The van der Waals surface area contributed by atoms with E-state index < -0.39 is 0 Å². The number of carbonyl (C=O) groups excluding carboxylic acids is 1. The van der Waals surface area contributed by atoms with Crippen LogP contribution in [0.5, 0.6) is 0 Å². The zero-order valence-corrected chi connectivity index (χ0v) is 16.5. The molecule has 132 valence electrons. The number of Topliss-reactive ketones (excluding diaryl/α,β-unsaturated/α-hetero) is 1. The highest BCUT2D eigenvalue weighted by molar-refractivity contribution is 9.10. The van der Waals surface area contributed by atoms with E-state index in [1.165, 1.54) is 32.7 Å². The lowest BCUT2D eigenvalue weighted by Gasteiger charge is -2.21. The highest BCUT2D eigenvalue weighted by Gasteiger charge is 2.22. The Kier molecular flexibility index (Phi) is 4.09. The second-order valence-corrected chi connectivity index (χ2v) is 8.27. The van der Waals surface area contributed by atoms with Crippen molar-refractivity contribution in [2.75, 3.05) is 0 Å². The Balaban J connectivity index is 1.66. The predicted octanol–water partition coefficient (Wildman–Crippen LogP) is 4.68. The van der Waals surface area contributed by atoms with Gasteiger partial charge < -0.3 is 0 Å². The van der Waals surface area contributed by atoms with Crippen LogP contribution in [-0.4, -0.2) is 5.78 Å². The quantitative estimate of drug-likeness (QED) is 0.556. The Morgan fingerprint density at radius 1 is 0.889 bits per heavy atom. The fraction of sp³-hybridized carbons (Fsp3) is 0.160. The molecule has 0 aromatic heterocycles. The van der Waals surface area contributed by atoms with Crippen LogP contribution < -0.4 is 10.4 Å². The molecule has 0 saturated heterocycles. The van der Waals surface area contributed by atoms with Crippen LogP contribution in [0.15, 0.2) is 65.1 Å². The second kappa shape index (κ2) is 6.61. The third-order valence-electron chi connectivity index (χ3n) is 5.75. The maximum atomic E-state index is 13.0. The number of aryl methyl sites for hydroxylation is 1. The van der Waals surface area contributed by atoms with Gasteiger partial charge in [0.05, 0.1) is 0 Å². The van der Waals surface area contributed by atoms with Crippen LogP contribution in [0.2, 0.25) is 0 Å². The van der Waals surface area contributed by atoms with Gasteiger partial charge in [-0.1, -0.05) is 76.6 Å². The molecule has 0 radical (unpaired) electrons. The molecule has 0 heterocycles. The summed E-state index contributed by atoms with van der Waals surface area (Å²) in [5.74, 6) is 0.196. The van der Waals surface area contributed by atoms with Gasteiger partial charge in [-0.2, -0.15) is 0 Å². The zero-order chi connectivity index (χ0) is 18.4. The number of carbonyl (C=O) groups is 1. The molecule has 2 aliphatic carbocycles. The highest BCUT2D eigenvalue weighted by atomic mass is 79.9. The van der Waals surface area contributed by atoms with Gasteiger partial charge in [0, 0.05) is 16.0 Å². The monoisotopic (exact) mass is 414 g/mol. The van der Waals surface area contributed by atoms with Crippen LogP contribution in [0.4, 0.5) is 0 Å². The predicted molar refractivity (Wildman–Crippen MR) is 114 cm³/mol. The van der Waals surface area contributed by atoms with E-state index >= 15 is 0 Å². The van der Waals surface area contributed by atoms with Gasteiger partial charge in [0.25, 0.3) is 0 Å². The normalized spacial score (nSPS) is 17.0. The van der Waals surface area contributed by atoms with E-state index in [0.717, 1.165) is 29.3 Å². The van der Waals surface area contributed by atoms with Crippen molar-refractivity contribution in [2.24, 2.45) is 5.92 Å². The highest BCUT2D eigenvalue weighted by Crippen LogP contribution is 2.29. The van der Waals surface area contributed by atoms with Gasteiger partial charge >= 0.3 is 0 Å². The smallest absolute Gasteiger partial charge is 0.169 e. The molecule has 0 amide bonds. The number of ketones is 1. The second-order valence-electron chi connectivity index (χ2n) is 7.35. The summed E-state index contributed by atoms with van der Waals surface area (Å²) < 4.78 is 1.10. The van der Waals surface area contributed by atoms with Gasteiger partial charge in [0.2, 0.25) is 0 Å². The Bertz CT molecular complexity index is 1170. The summed E-state index contributed by atoms with van der Waals surface area (Å²) in [4.78, 5) is 13.0. The minimum atomic E-state index is -0.0382. The van der Waals surface area contributed by atoms with Crippen LogP contribution >= 0.6 is 15.9 Å². The number of hydrogen-bond acceptors (Lipinski definition) is 1. The van der Waals surface area contributed by atoms with Crippen molar-refractivity contribution in [2.45, 2.75) is 19.3 Å². The maximum absolute atomic E-state index is 13.0. The van der Waals surface area contributed by atoms with Crippen molar-refractivity contribution in [1.29, 1.82) is 0 Å². The Morgan fingerprint density at radius 2 is 1.70 bits per heavy atom.